The zero-order valence-electron chi connectivity index (χ0n) is 8.71. The van der Waals surface area contributed by atoms with E-state index in [4.69, 9.17) is 11.6 Å². The summed E-state index contributed by atoms with van der Waals surface area (Å²) >= 11 is 6.69. The molecule has 0 spiro atoms. The van der Waals surface area contributed by atoms with Gasteiger partial charge < -0.3 is 0 Å². The van der Waals surface area contributed by atoms with E-state index in [0.29, 0.717) is 15.0 Å². The quantitative estimate of drug-likeness (QED) is 0.624. The Kier molecular flexibility index (Phi) is 4.41. The molecule has 0 saturated heterocycles. The van der Waals surface area contributed by atoms with E-state index in [1.807, 2.05) is 36.5 Å². The van der Waals surface area contributed by atoms with Crippen molar-refractivity contribution in [3.05, 3.63) is 60.3 Å². The van der Waals surface area contributed by atoms with Crippen LogP contribution >= 0.6 is 11.6 Å². The number of rotatable bonds is 4. The third kappa shape index (κ3) is 3.34. The van der Waals surface area contributed by atoms with Crippen LogP contribution in [0.2, 0.25) is 5.32 Å². The molecule has 2 aromatic rings. The second kappa shape index (κ2) is 6.05. The SMILES string of the molecule is ClC(C[Se]c1ccccn1)c1ccccc1. The molecule has 1 aromatic carbocycles. The van der Waals surface area contributed by atoms with Crippen LogP contribution in [0.25, 0.3) is 0 Å². The number of halogens is 1. The third-order valence-electron chi connectivity index (χ3n) is 2.18. The van der Waals surface area contributed by atoms with Gasteiger partial charge in [0.2, 0.25) is 0 Å². The standard InChI is InChI=1S/C13H12ClNSe/c14-12(11-6-2-1-3-7-11)10-16-13-8-4-5-9-15-13/h1-9,12H,10H2. The van der Waals surface area contributed by atoms with E-state index in [9.17, 15) is 0 Å². The Bertz CT molecular complexity index is 418. The van der Waals surface area contributed by atoms with Crippen LogP contribution in [-0.2, 0) is 0 Å². The summed E-state index contributed by atoms with van der Waals surface area (Å²) < 4.78 is 1.16. The zero-order chi connectivity index (χ0) is 11.2. The van der Waals surface area contributed by atoms with Gasteiger partial charge in [0.05, 0.1) is 0 Å². The number of pyridine rings is 1. The summed E-state index contributed by atoms with van der Waals surface area (Å²) in [7, 11) is 0. The predicted octanol–water partition coefficient (Wildman–Crippen LogP) is 2.81. The van der Waals surface area contributed by atoms with Crippen molar-refractivity contribution in [3.63, 3.8) is 0 Å². The van der Waals surface area contributed by atoms with E-state index in [2.05, 4.69) is 23.2 Å². The number of benzene rings is 1. The fourth-order valence-corrected chi connectivity index (χ4v) is 3.54. The van der Waals surface area contributed by atoms with Gasteiger partial charge in [0.25, 0.3) is 0 Å². The van der Waals surface area contributed by atoms with Crippen LogP contribution in [-0.4, -0.2) is 19.9 Å². The molecule has 82 valence electrons. The van der Waals surface area contributed by atoms with Crippen molar-refractivity contribution in [2.75, 3.05) is 0 Å². The molecule has 1 atom stereocenters. The van der Waals surface area contributed by atoms with Crippen LogP contribution in [0, 0.1) is 0 Å². The molecule has 0 radical (unpaired) electrons. The Morgan fingerprint density at radius 1 is 1.06 bits per heavy atom. The van der Waals surface area contributed by atoms with E-state index in [1.54, 1.807) is 0 Å². The van der Waals surface area contributed by atoms with E-state index >= 15 is 0 Å². The Morgan fingerprint density at radius 2 is 1.81 bits per heavy atom. The first kappa shape index (κ1) is 11.7. The predicted molar refractivity (Wildman–Crippen MR) is 69.5 cm³/mol. The van der Waals surface area contributed by atoms with E-state index in [0.717, 1.165) is 9.91 Å². The first-order valence-corrected chi connectivity index (χ1v) is 7.59. The maximum absolute atomic E-state index is 6.34. The molecule has 0 bridgehead atoms. The Labute approximate surface area is 107 Å². The van der Waals surface area contributed by atoms with Gasteiger partial charge in [-0.1, -0.05) is 0 Å². The molecule has 0 aliphatic heterocycles. The topological polar surface area (TPSA) is 12.9 Å². The second-order valence-electron chi connectivity index (χ2n) is 3.36. The minimum atomic E-state index is 0.100. The van der Waals surface area contributed by atoms with Gasteiger partial charge in [-0.2, -0.15) is 0 Å². The van der Waals surface area contributed by atoms with Crippen LogP contribution in [0.5, 0.6) is 0 Å². The van der Waals surface area contributed by atoms with Gasteiger partial charge in [-0.05, 0) is 0 Å². The molecule has 0 saturated carbocycles. The number of aromatic nitrogens is 1. The molecule has 1 aromatic heterocycles. The third-order valence-corrected chi connectivity index (χ3v) is 5.17. The van der Waals surface area contributed by atoms with Gasteiger partial charge in [0, 0.05) is 0 Å². The summed E-state index contributed by atoms with van der Waals surface area (Å²) in [6, 6.07) is 16.2. The van der Waals surface area contributed by atoms with Gasteiger partial charge >= 0.3 is 107 Å². The number of hydrogen-bond donors (Lipinski definition) is 0. The molecule has 0 aliphatic rings. The van der Waals surface area contributed by atoms with Crippen molar-refractivity contribution < 1.29 is 0 Å². The first-order chi connectivity index (χ1) is 7.86. The average Bonchev–Trinajstić information content (AvgIpc) is 2.38. The summed E-state index contributed by atoms with van der Waals surface area (Å²) in [6.07, 6.45) is 1.84. The molecule has 1 nitrogen and oxygen atoms in total. The summed E-state index contributed by atoms with van der Waals surface area (Å²) in [4.78, 5) is 4.31. The van der Waals surface area contributed by atoms with Crippen molar-refractivity contribution in [3.8, 4) is 0 Å². The molecule has 2 rings (SSSR count). The molecule has 0 N–H and O–H groups in total. The van der Waals surface area contributed by atoms with Gasteiger partial charge in [0.1, 0.15) is 0 Å². The Morgan fingerprint density at radius 3 is 2.50 bits per heavy atom. The molecule has 3 heteroatoms. The van der Waals surface area contributed by atoms with Crippen molar-refractivity contribution in [2.24, 2.45) is 0 Å². The summed E-state index contributed by atoms with van der Waals surface area (Å²) in [5.41, 5.74) is 1.20. The normalized spacial score (nSPS) is 12.3. The molecule has 0 amide bonds. The molecular weight excluding hydrogens is 285 g/mol. The van der Waals surface area contributed by atoms with Crippen molar-refractivity contribution >= 4 is 31.2 Å². The first-order valence-electron chi connectivity index (χ1n) is 5.09. The van der Waals surface area contributed by atoms with E-state index in [1.165, 1.54) is 5.56 Å². The number of hydrogen-bond acceptors (Lipinski definition) is 1. The number of alkyl halides is 1. The molecular formula is C13H12ClNSe. The monoisotopic (exact) mass is 297 g/mol. The van der Waals surface area contributed by atoms with Crippen LogP contribution < -0.4 is 4.59 Å². The van der Waals surface area contributed by atoms with Crippen LogP contribution in [0.15, 0.2) is 54.7 Å². The van der Waals surface area contributed by atoms with Crippen molar-refractivity contribution in [1.29, 1.82) is 0 Å². The summed E-state index contributed by atoms with van der Waals surface area (Å²) in [6.45, 7) is 0. The number of nitrogens with zero attached hydrogens (tertiary/aromatic N) is 1. The zero-order valence-corrected chi connectivity index (χ0v) is 11.2. The van der Waals surface area contributed by atoms with E-state index in [-0.39, 0.29) is 5.38 Å². The fourth-order valence-electron chi connectivity index (χ4n) is 1.35. The van der Waals surface area contributed by atoms with Crippen molar-refractivity contribution in [1.82, 2.24) is 4.98 Å². The Balaban J connectivity index is 1.92. The average molecular weight is 297 g/mol. The van der Waals surface area contributed by atoms with Gasteiger partial charge in [-0.15, -0.1) is 0 Å². The molecule has 0 fully saturated rings. The van der Waals surface area contributed by atoms with Crippen LogP contribution in [0.4, 0.5) is 0 Å². The fraction of sp³-hybridized carbons (Fsp3) is 0.154. The summed E-state index contributed by atoms with van der Waals surface area (Å²) in [5.74, 6) is 0. The van der Waals surface area contributed by atoms with Crippen molar-refractivity contribution in [2.45, 2.75) is 10.7 Å². The van der Waals surface area contributed by atoms with Gasteiger partial charge in [-0.25, -0.2) is 0 Å². The summed E-state index contributed by atoms with van der Waals surface area (Å²) in [5, 5.41) is 1.08. The van der Waals surface area contributed by atoms with Gasteiger partial charge in [-0.3, -0.25) is 0 Å². The second-order valence-corrected chi connectivity index (χ2v) is 6.07. The molecule has 16 heavy (non-hydrogen) atoms. The molecule has 1 unspecified atom stereocenters. The molecule has 0 aliphatic carbocycles. The van der Waals surface area contributed by atoms with Crippen LogP contribution in [0.3, 0.4) is 0 Å². The van der Waals surface area contributed by atoms with E-state index < -0.39 is 0 Å². The van der Waals surface area contributed by atoms with Gasteiger partial charge in [0.15, 0.2) is 0 Å². The maximum atomic E-state index is 6.34. The Hall–Kier alpha value is -0.821. The molecule has 1 heterocycles. The minimum absolute atomic E-state index is 0.100. The van der Waals surface area contributed by atoms with Crippen LogP contribution in [0.1, 0.15) is 10.9 Å².